The maximum atomic E-state index is 13.7. The van der Waals surface area contributed by atoms with Crippen molar-refractivity contribution in [1.82, 2.24) is 5.32 Å². The molecule has 2 aromatic carbocycles. The molecule has 0 aliphatic rings. The number of nitrogens with one attached hydrogen (secondary N) is 1. The van der Waals surface area contributed by atoms with E-state index in [1.165, 1.54) is 63.9 Å². The second-order valence-corrected chi connectivity index (χ2v) is 13.4. The molecule has 0 radical (unpaired) electrons. The van der Waals surface area contributed by atoms with Crippen LogP contribution in [0.25, 0.3) is 0 Å². The number of rotatable bonds is 22. The van der Waals surface area contributed by atoms with E-state index in [1.54, 1.807) is 87.5 Å². The Bertz CT molecular complexity index is 1100. The van der Waals surface area contributed by atoms with Gasteiger partial charge < -0.3 is 19.1 Å². The second-order valence-electron chi connectivity index (χ2n) is 11.9. The monoisotopic (exact) mass is 629 g/mol. The minimum absolute atomic E-state index is 0.265. The number of alkyl carbamates (subject to hydrolysis) is 1. The molecule has 0 aromatic heterocycles. The lowest BCUT2D eigenvalue weighted by atomic mass is 10.0. The van der Waals surface area contributed by atoms with E-state index in [0.29, 0.717) is 0 Å². The highest BCUT2D eigenvalue weighted by atomic mass is 31.2. The first-order chi connectivity index (χ1) is 21.1. The molecule has 8 nitrogen and oxygen atoms in total. The van der Waals surface area contributed by atoms with E-state index < -0.39 is 37.9 Å². The quantitative estimate of drug-likeness (QED) is 0.0786. The van der Waals surface area contributed by atoms with E-state index in [2.05, 4.69) is 12.2 Å². The Morgan fingerprint density at radius 3 is 1.73 bits per heavy atom. The fourth-order valence-corrected chi connectivity index (χ4v) is 5.58. The third kappa shape index (κ3) is 17.3. The Hall–Kier alpha value is -3.09. The SMILES string of the molecule is CCCCCCCCCCCCC/C=C/C(=O)[C@H](COP(=O)(Oc1ccccc1)Oc1ccccc1)NC(=O)OC(C)(C)C. The summed E-state index contributed by atoms with van der Waals surface area (Å²) in [5.74, 6) is 0.119. The highest BCUT2D eigenvalue weighted by molar-refractivity contribution is 7.49. The molecule has 2 rings (SSSR count). The number of phosphoric ester groups is 1. The number of carbonyl (C=O) groups excluding carboxylic acids is 2. The first-order valence-corrected chi connectivity index (χ1v) is 17.5. The number of allylic oxidation sites excluding steroid dienone is 1. The number of phosphoric acid groups is 1. The number of benzene rings is 2. The van der Waals surface area contributed by atoms with Crippen LogP contribution in [-0.2, 0) is 18.6 Å². The molecule has 0 unspecified atom stereocenters. The van der Waals surface area contributed by atoms with Crippen molar-refractivity contribution in [3.8, 4) is 11.5 Å². The zero-order valence-electron chi connectivity index (χ0n) is 27.0. The van der Waals surface area contributed by atoms with Gasteiger partial charge in [-0.25, -0.2) is 9.36 Å². The Kier molecular flexibility index (Phi) is 17.5. The van der Waals surface area contributed by atoms with Gasteiger partial charge in [0.2, 0.25) is 0 Å². The molecule has 0 fully saturated rings. The predicted molar refractivity (Wildman–Crippen MR) is 176 cm³/mol. The standard InChI is InChI=1S/C35H52NO7P/c1-5-6-7-8-9-10-11-12-13-14-15-16-23-28-33(37)32(36-34(38)41-35(2,3)4)29-40-44(39,42-30-24-19-17-20-25-30)43-31-26-21-18-22-27-31/h17-28,32H,5-16,29H2,1-4H3,(H,36,38)/b28-23+/t32-/m0/s1. The van der Waals surface area contributed by atoms with Gasteiger partial charge in [0.05, 0.1) is 6.61 Å². The van der Waals surface area contributed by atoms with Gasteiger partial charge in [-0.3, -0.25) is 9.32 Å². The first-order valence-electron chi connectivity index (χ1n) is 16.0. The van der Waals surface area contributed by atoms with Gasteiger partial charge in [-0.15, -0.1) is 0 Å². The molecule has 1 amide bonds. The van der Waals surface area contributed by atoms with E-state index in [0.717, 1.165) is 19.3 Å². The van der Waals surface area contributed by atoms with Crippen LogP contribution in [-0.4, -0.2) is 30.1 Å². The number of carbonyl (C=O) groups is 2. The van der Waals surface area contributed by atoms with Gasteiger partial charge in [-0.05, 0) is 64.0 Å². The lowest BCUT2D eigenvalue weighted by Gasteiger charge is -2.24. The van der Waals surface area contributed by atoms with Crippen LogP contribution in [0.2, 0.25) is 0 Å². The minimum atomic E-state index is -4.27. The zero-order chi connectivity index (χ0) is 32.1. The number of amides is 1. The van der Waals surface area contributed by atoms with E-state index >= 15 is 0 Å². The first kappa shape index (κ1) is 37.1. The normalized spacial score (nSPS) is 12.5. The minimum Gasteiger partial charge on any atom is -0.444 e. The van der Waals surface area contributed by atoms with Crippen LogP contribution in [0.5, 0.6) is 11.5 Å². The Balaban J connectivity index is 1.95. The summed E-state index contributed by atoms with van der Waals surface area (Å²) in [5, 5.41) is 2.55. The Morgan fingerprint density at radius 2 is 1.25 bits per heavy atom. The summed E-state index contributed by atoms with van der Waals surface area (Å²) in [7, 11) is -4.27. The van der Waals surface area contributed by atoms with Crippen molar-refractivity contribution in [3.63, 3.8) is 0 Å². The zero-order valence-corrected chi connectivity index (χ0v) is 27.9. The average Bonchev–Trinajstić information content (AvgIpc) is 2.97. The third-order valence-corrected chi connectivity index (χ3v) is 7.95. The van der Waals surface area contributed by atoms with Crippen LogP contribution in [0.3, 0.4) is 0 Å². The lowest BCUT2D eigenvalue weighted by Crippen LogP contribution is -2.45. The van der Waals surface area contributed by atoms with Gasteiger partial charge in [0.25, 0.3) is 0 Å². The molecule has 0 aliphatic heterocycles. The molecule has 0 saturated carbocycles. The van der Waals surface area contributed by atoms with Crippen LogP contribution in [0, 0.1) is 0 Å². The lowest BCUT2D eigenvalue weighted by molar-refractivity contribution is -0.117. The molecule has 44 heavy (non-hydrogen) atoms. The summed E-state index contributed by atoms with van der Waals surface area (Å²) >= 11 is 0. The Labute approximate surface area is 264 Å². The highest BCUT2D eigenvalue weighted by Gasteiger charge is 2.34. The molecule has 2 aromatic rings. The van der Waals surface area contributed by atoms with Gasteiger partial charge in [0.15, 0.2) is 5.78 Å². The van der Waals surface area contributed by atoms with Crippen LogP contribution < -0.4 is 14.4 Å². The van der Waals surface area contributed by atoms with E-state index in [1.807, 2.05) is 0 Å². The smallest absolute Gasteiger partial charge is 0.444 e. The summed E-state index contributed by atoms with van der Waals surface area (Å²) in [4.78, 5) is 25.7. The molecule has 0 bridgehead atoms. The van der Waals surface area contributed by atoms with Crippen LogP contribution in [0.1, 0.15) is 105 Å². The number of unbranched alkanes of at least 4 members (excludes halogenated alkanes) is 11. The summed E-state index contributed by atoms with van der Waals surface area (Å²) < 4.78 is 36.0. The topological polar surface area (TPSA) is 100 Å². The van der Waals surface area contributed by atoms with Crippen molar-refractivity contribution in [2.24, 2.45) is 0 Å². The summed E-state index contributed by atoms with van der Waals surface area (Å²) in [6.07, 6.45) is 17.0. The maximum Gasteiger partial charge on any atom is 0.587 e. The fraction of sp³-hybridized carbons (Fsp3) is 0.543. The second kappa shape index (κ2) is 20.8. The van der Waals surface area contributed by atoms with E-state index in [9.17, 15) is 14.2 Å². The molecule has 1 atom stereocenters. The number of hydrogen-bond donors (Lipinski definition) is 1. The molecular weight excluding hydrogens is 577 g/mol. The molecule has 0 saturated heterocycles. The fourth-order valence-electron chi connectivity index (χ4n) is 4.34. The van der Waals surface area contributed by atoms with E-state index in [-0.39, 0.29) is 11.5 Å². The summed E-state index contributed by atoms with van der Waals surface area (Å²) in [6, 6.07) is 15.7. The van der Waals surface area contributed by atoms with Crippen LogP contribution in [0.4, 0.5) is 4.79 Å². The van der Waals surface area contributed by atoms with Gasteiger partial charge in [0, 0.05) is 0 Å². The summed E-state index contributed by atoms with van der Waals surface area (Å²) in [6.45, 7) is 6.96. The van der Waals surface area contributed by atoms with Crippen molar-refractivity contribution in [2.75, 3.05) is 6.61 Å². The van der Waals surface area contributed by atoms with Crippen molar-refractivity contribution in [1.29, 1.82) is 0 Å². The number of ether oxygens (including phenoxy) is 1. The van der Waals surface area contributed by atoms with E-state index in [4.69, 9.17) is 18.3 Å². The predicted octanol–water partition coefficient (Wildman–Crippen LogP) is 9.99. The van der Waals surface area contributed by atoms with Gasteiger partial charge >= 0.3 is 13.9 Å². The van der Waals surface area contributed by atoms with Gasteiger partial charge in [-0.2, -0.15) is 0 Å². The molecule has 1 N–H and O–H groups in total. The van der Waals surface area contributed by atoms with Crippen molar-refractivity contribution in [3.05, 3.63) is 72.8 Å². The average molecular weight is 630 g/mol. The highest BCUT2D eigenvalue weighted by Crippen LogP contribution is 2.49. The van der Waals surface area contributed by atoms with Crippen molar-refractivity contribution < 1.29 is 32.5 Å². The third-order valence-electron chi connectivity index (χ3n) is 6.61. The molecule has 9 heteroatoms. The molecule has 0 spiro atoms. The van der Waals surface area contributed by atoms with Gasteiger partial charge in [0.1, 0.15) is 23.1 Å². The molecule has 0 heterocycles. The maximum absolute atomic E-state index is 13.7. The van der Waals surface area contributed by atoms with Crippen molar-refractivity contribution in [2.45, 2.75) is 116 Å². The number of para-hydroxylation sites is 2. The largest absolute Gasteiger partial charge is 0.587 e. The molecule has 244 valence electrons. The van der Waals surface area contributed by atoms with Gasteiger partial charge in [-0.1, -0.05) is 114 Å². The Morgan fingerprint density at radius 1 is 0.773 bits per heavy atom. The van der Waals surface area contributed by atoms with Crippen LogP contribution >= 0.6 is 7.82 Å². The number of hydrogen-bond acceptors (Lipinski definition) is 7. The molecular formula is C35H52NO7P. The number of ketones is 1. The molecule has 0 aliphatic carbocycles. The van der Waals surface area contributed by atoms with Crippen molar-refractivity contribution >= 4 is 19.7 Å². The summed E-state index contributed by atoms with van der Waals surface area (Å²) in [5.41, 5.74) is -0.772. The van der Waals surface area contributed by atoms with Crippen LogP contribution in [0.15, 0.2) is 72.8 Å².